The van der Waals surface area contributed by atoms with Gasteiger partial charge in [-0.1, -0.05) is 57.9 Å². The standard InChI is InChI=1S/C15H13BrF2/c1-10-5-7-11(8-6-10)13(16)9-12-3-2-4-14(17)15(12)18/h2-8,13H,9H2,1H3. The molecule has 94 valence electrons. The zero-order valence-corrected chi connectivity index (χ0v) is 11.5. The number of rotatable bonds is 3. The topological polar surface area (TPSA) is 0 Å². The van der Waals surface area contributed by atoms with E-state index in [0.717, 1.165) is 11.6 Å². The van der Waals surface area contributed by atoms with Crippen molar-refractivity contribution in [2.75, 3.05) is 0 Å². The van der Waals surface area contributed by atoms with Crippen molar-refractivity contribution in [1.29, 1.82) is 0 Å². The van der Waals surface area contributed by atoms with Gasteiger partial charge in [0.2, 0.25) is 0 Å². The first kappa shape index (κ1) is 13.2. The summed E-state index contributed by atoms with van der Waals surface area (Å²) in [6.07, 6.45) is 0.423. The van der Waals surface area contributed by atoms with Crippen LogP contribution in [-0.4, -0.2) is 0 Å². The normalized spacial score (nSPS) is 12.4. The molecule has 18 heavy (non-hydrogen) atoms. The highest BCUT2D eigenvalue weighted by Crippen LogP contribution is 2.28. The van der Waals surface area contributed by atoms with Gasteiger partial charge < -0.3 is 0 Å². The molecule has 0 heterocycles. The van der Waals surface area contributed by atoms with Gasteiger partial charge in [0.05, 0.1) is 0 Å². The zero-order chi connectivity index (χ0) is 13.1. The van der Waals surface area contributed by atoms with Gasteiger partial charge >= 0.3 is 0 Å². The lowest BCUT2D eigenvalue weighted by molar-refractivity contribution is 0.498. The second-order valence-electron chi connectivity index (χ2n) is 4.30. The Hall–Kier alpha value is -1.22. The predicted molar refractivity (Wildman–Crippen MR) is 72.9 cm³/mol. The molecule has 0 spiro atoms. The molecule has 2 aromatic rings. The maximum atomic E-state index is 13.5. The molecule has 0 radical (unpaired) electrons. The number of benzene rings is 2. The molecular formula is C15H13BrF2. The van der Waals surface area contributed by atoms with Gasteiger partial charge in [-0.2, -0.15) is 0 Å². The first-order chi connectivity index (χ1) is 8.58. The van der Waals surface area contributed by atoms with Crippen molar-refractivity contribution in [3.63, 3.8) is 0 Å². The van der Waals surface area contributed by atoms with E-state index in [4.69, 9.17) is 0 Å². The van der Waals surface area contributed by atoms with E-state index in [9.17, 15) is 8.78 Å². The maximum absolute atomic E-state index is 13.5. The Labute approximate surface area is 114 Å². The quantitative estimate of drug-likeness (QED) is 0.703. The summed E-state index contributed by atoms with van der Waals surface area (Å²) in [5.41, 5.74) is 2.62. The van der Waals surface area contributed by atoms with Gasteiger partial charge in [0, 0.05) is 4.83 Å². The molecule has 0 nitrogen and oxygen atoms in total. The van der Waals surface area contributed by atoms with Crippen LogP contribution in [0.3, 0.4) is 0 Å². The van der Waals surface area contributed by atoms with E-state index in [1.807, 2.05) is 31.2 Å². The number of alkyl halides is 1. The minimum absolute atomic E-state index is 0.0191. The molecule has 3 heteroatoms. The van der Waals surface area contributed by atoms with Gasteiger partial charge in [-0.15, -0.1) is 0 Å². The van der Waals surface area contributed by atoms with E-state index in [1.165, 1.54) is 11.6 Å². The summed E-state index contributed by atoms with van der Waals surface area (Å²) >= 11 is 3.52. The van der Waals surface area contributed by atoms with Gasteiger partial charge in [-0.25, -0.2) is 8.78 Å². The molecule has 1 unspecified atom stereocenters. The van der Waals surface area contributed by atoms with Gasteiger partial charge in [0.15, 0.2) is 11.6 Å². The first-order valence-corrected chi connectivity index (χ1v) is 6.63. The molecule has 0 saturated carbocycles. The number of aryl methyl sites for hydroxylation is 1. The Morgan fingerprint density at radius 1 is 1.06 bits per heavy atom. The fraction of sp³-hybridized carbons (Fsp3) is 0.200. The zero-order valence-electron chi connectivity index (χ0n) is 9.96. The van der Waals surface area contributed by atoms with Crippen molar-refractivity contribution in [2.24, 2.45) is 0 Å². The molecular weight excluding hydrogens is 298 g/mol. The number of halogens is 3. The second kappa shape index (κ2) is 5.61. The molecule has 0 aliphatic heterocycles. The van der Waals surface area contributed by atoms with Crippen molar-refractivity contribution in [1.82, 2.24) is 0 Å². The van der Waals surface area contributed by atoms with E-state index in [2.05, 4.69) is 15.9 Å². The van der Waals surface area contributed by atoms with Gasteiger partial charge in [0.25, 0.3) is 0 Å². The van der Waals surface area contributed by atoms with Crippen molar-refractivity contribution in [2.45, 2.75) is 18.2 Å². The molecule has 0 fully saturated rings. The third-order valence-corrected chi connectivity index (χ3v) is 3.72. The van der Waals surface area contributed by atoms with Crippen LogP contribution in [0.25, 0.3) is 0 Å². The average molecular weight is 311 g/mol. The molecule has 0 aliphatic carbocycles. The maximum Gasteiger partial charge on any atom is 0.162 e. The van der Waals surface area contributed by atoms with Gasteiger partial charge in [-0.3, -0.25) is 0 Å². The number of hydrogen-bond acceptors (Lipinski definition) is 0. The van der Waals surface area contributed by atoms with Crippen LogP contribution < -0.4 is 0 Å². The van der Waals surface area contributed by atoms with Crippen LogP contribution in [0.2, 0.25) is 0 Å². The van der Waals surface area contributed by atoms with Crippen LogP contribution in [0.5, 0.6) is 0 Å². The molecule has 1 atom stereocenters. The molecule has 0 N–H and O–H groups in total. The summed E-state index contributed by atoms with van der Waals surface area (Å²) in [5.74, 6) is -1.55. The molecule has 2 aromatic carbocycles. The predicted octanol–water partition coefficient (Wildman–Crippen LogP) is 4.95. The van der Waals surface area contributed by atoms with Gasteiger partial charge in [-0.05, 0) is 30.5 Å². The van der Waals surface area contributed by atoms with E-state index < -0.39 is 11.6 Å². The van der Waals surface area contributed by atoms with E-state index >= 15 is 0 Å². The third kappa shape index (κ3) is 2.96. The lowest BCUT2D eigenvalue weighted by Gasteiger charge is -2.11. The summed E-state index contributed by atoms with van der Waals surface area (Å²) < 4.78 is 26.6. The fourth-order valence-electron chi connectivity index (χ4n) is 1.79. The van der Waals surface area contributed by atoms with E-state index in [1.54, 1.807) is 6.07 Å². The lowest BCUT2D eigenvalue weighted by Crippen LogP contribution is -2.00. The summed E-state index contributed by atoms with van der Waals surface area (Å²) in [6, 6.07) is 12.3. The van der Waals surface area contributed by atoms with Crippen LogP contribution in [0.4, 0.5) is 8.78 Å². The highest BCUT2D eigenvalue weighted by molar-refractivity contribution is 9.09. The highest BCUT2D eigenvalue weighted by Gasteiger charge is 2.13. The Bertz CT molecular complexity index is 535. The number of hydrogen-bond donors (Lipinski definition) is 0. The van der Waals surface area contributed by atoms with Crippen molar-refractivity contribution >= 4 is 15.9 Å². The smallest absolute Gasteiger partial charge is 0.162 e. The van der Waals surface area contributed by atoms with Crippen molar-refractivity contribution in [3.8, 4) is 0 Å². The van der Waals surface area contributed by atoms with E-state index in [0.29, 0.717) is 12.0 Å². The summed E-state index contributed by atoms with van der Waals surface area (Å²) in [6.45, 7) is 2.01. The molecule has 0 bridgehead atoms. The highest BCUT2D eigenvalue weighted by atomic mass is 79.9. The Morgan fingerprint density at radius 3 is 2.39 bits per heavy atom. The minimum Gasteiger partial charge on any atom is -0.204 e. The molecule has 0 amide bonds. The Morgan fingerprint density at radius 2 is 1.72 bits per heavy atom. The monoisotopic (exact) mass is 310 g/mol. The van der Waals surface area contributed by atoms with Crippen molar-refractivity contribution in [3.05, 3.63) is 70.8 Å². The largest absolute Gasteiger partial charge is 0.204 e. The summed E-state index contributed by atoms with van der Waals surface area (Å²) in [4.78, 5) is -0.0191. The Balaban J connectivity index is 2.18. The first-order valence-electron chi connectivity index (χ1n) is 5.71. The lowest BCUT2D eigenvalue weighted by atomic mass is 10.0. The second-order valence-corrected chi connectivity index (χ2v) is 5.40. The van der Waals surface area contributed by atoms with E-state index in [-0.39, 0.29) is 4.83 Å². The fourth-order valence-corrected chi connectivity index (χ4v) is 2.45. The summed E-state index contributed by atoms with van der Waals surface area (Å²) in [5, 5.41) is 0. The Kier molecular flexibility index (Phi) is 4.12. The third-order valence-electron chi connectivity index (χ3n) is 2.87. The van der Waals surface area contributed by atoms with Crippen molar-refractivity contribution < 1.29 is 8.78 Å². The molecule has 2 rings (SSSR count). The molecule has 0 saturated heterocycles. The van der Waals surface area contributed by atoms with Crippen LogP contribution in [-0.2, 0) is 6.42 Å². The van der Waals surface area contributed by atoms with Crippen LogP contribution in [0.15, 0.2) is 42.5 Å². The molecule has 0 aromatic heterocycles. The van der Waals surface area contributed by atoms with Crippen LogP contribution >= 0.6 is 15.9 Å². The summed E-state index contributed by atoms with van der Waals surface area (Å²) in [7, 11) is 0. The average Bonchev–Trinajstić information content (AvgIpc) is 2.36. The van der Waals surface area contributed by atoms with Crippen LogP contribution in [0, 0.1) is 18.6 Å². The van der Waals surface area contributed by atoms with Gasteiger partial charge in [0.1, 0.15) is 0 Å². The SMILES string of the molecule is Cc1ccc(C(Br)Cc2cccc(F)c2F)cc1. The van der Waals surface area contributed by atoms with Crippen LogP contribution in [0.1, 0.15) is 21.5 Å². The minimum atomic E-state index is -0.795. The molecule has 0 aliphatic rings.